The average Bonchev–Trinajstić information content (AvgIpc) is 3.15. The zero-order valence-corrected chi connectivity index (χ0v) is 15.0. The van der Waals surface area contributed by atoms with Crippen molar-refractivity contribution in [3.63, 3.8) is 0 Å². The fourth-order valence-corrected chi connectivity index (χ4v) is 3.26. The van der Waals surface area contributed by atoms with Gasteiger partial charge in [-0.05, 0) is 24.1 Å². The molecule has 0 saturated carbocycles. The number of anilines is 1. The molecular weight excluding hydrogens is 342 g/mol. The zero-order valence-electron chi connectivity index (χ0n) is 14.2. The fraction of sp³-hybridized carbons (Fsp3) is 0.353. The number of hydrogen-bond donors (Lipinski definition) is 3. The van der Waals surface area contributed by atoms with Crippen LogP contribution >= 0.6 is 12.4 Å². The summed E-state index contributed by atoms with van der Waals surface area (Å²) in [4.78, 5) is 24.4. The molecule has 25 heavy (non-hydrogen) atoms. The molecule has 8 heteroatoms. The number of nitrogens with zero attached hydrogens (tertiary/aromatic N) is 2. The quantitative estimate of drug-likeness (QED) is 0.759. The molecule has 3 rings (SSSR count). The molecule has 1 fully saturated rings. The molecule has 2 amide bonds. The third kappa shape index (κ3) is 3.83. The molecule has 0 unspecified atom stereocenters. The first kappa shape index (κ1) is 19.0. The second kappa shape index (κ2) is 7.67. The number of amides is 2. The number of halogens is 1. The summed E-state index contributed by atoms with van der Waals surface area (Å²) in [5.41, 5.74) is 8.04. The number of rotatable bonds is 4. The second-order valence-electron chi connectivity index (χ2n) is 6.17. The highest BCUT2D eigenvalue weighted by Crippen LogP contribution is 2.29. The lowest BCUT2D eigenvalue weighted by molar-refractivity contribution is -0.119. The minimum Gasteiger partial charge on any atom is -0.366 e. The van der Waals surface area contributed by atoms with Gasteiger partial charge in [0.1, 0.15) is 0 Å². The Morgan fingerprint density at radius 1 is 1.36 bits per heavy atom. The second-order valence-corrected chi connectivity index (χ2v) is 6.17. The summed E-state index contributed by atoms with van der Waals surface area (Å²) < 4.78 is 1.73. The molecule has 1 saturated heterocycles. The minimum atomic E-state index is -0.545. The molecule has 134 valence electrons. The van der Waals surface area contributed by atoms with Crippen molar-refractivity contribution in [1.82, 2.24) is 15.1 Å². The molecule has 4 N–H and O–H groups in total. The molecule has 7 nitrogen and oxygen atoms in total. The number of primary amides is 1. The summed E-state index contributed by atoms with van der Waals surface area (Å²) >= 11 is 0. The molecule has 1 aliphatic heterocycles. The zero-order chi connectivity index (χ0) is 17.3. The maximum atomic E-state index is 12.8. The molecule has 0 radical (unpaired) electrons. The Kier molecular flexibility index (Phi) is 5.81. The van der Waals surface area contributed by atoms with Crippen LogP contribution in [0.3, 0.4) is 0 Å². The van der Waals surface area contributed by atoms with Gasteiger partial charge in [-0.2, -0.15) is 5.10 Å². The molecule has 2 aromatic rings. The lowest BCUT2D eigenvalue weighted by atomic mass is 9.90. The topological polar surface area (TPSA) is 102 Å². The predicted octanol–water partition coefficient (Wildman–Crippen LogP) is 1.19. The van der Waals surface area contributed by atoms with E-state index in [1.54, 1.807) is 36.0 Å². The third-order valence-corrected chi connectivity index (χ3v) is 4.48. The van der Waals surface area contributed by atoms with Crippen molar-refractivity contribution in [3.05, 3.63) is 47.3 Å². The highest BCUT2D eigenvalue weighted by atomic mass is 35.5. The average molecular weight is 364 g/mol. The molecule has 2 atom stereocenters. The Labute approximate surface area is 152 Å². The van der Waals surface area contributed by atoms with E-state index >= 15 is 0 Å². The van der Waals surface area contributed by atoms with Gasteiger partial charge in [-0.3, -0.25) is 14.3 Å². The molecule has 1 aliphatic rings. The Morgan fingerprint density at radius 3 is 2.76 bits per heavy atom. The van der Waals surface area contributed by atoms with Crippen molar-refractivity contribution < 1.29 is 9.59 Å². The van der Waals surface area contributed by atoms with Crippen LogP contribution < -0.4 is 16.4 Å². The molecule has 1 aromatic carbocycles. The highest BCUT2D eigenvalue weighted by Gasteiger charge is 2.35. The number of carbonyl (C=O) groups excluding carboxylic acids is 2. The number of nitrogens with two attached hydrogens (primary N) is 1. The Balaban J connectivity index is 0.00000225. The molecule has 1 aromatic heterocycles. The van der Waals surface area contributed by atoms with Crippen LogP contribution in [-0.4, -0.2) is 34.7 Å². The lowest BCUT2D eigenvalue weighted by Crippen LogP contribution is -2.29. The summed E-state index contributed by atoms with van der Waals surface area (Å²) in [5, 5.41) is 10.3. The van der Waals surface area contributed by atoms with Gasteiger partial charge in [0, 0.05) is 32.3 Å². The van der Waals surface area contributed by atoms with Crippen molar-refractivity contribution in [3.8, 4) is 0 Å². The monoisotopic (exact) mass is 363 g/mol. The molecule has 0 aliphatic carbocycles. The van der Waals surface area contributed by atoms with E-state index in [-0.39, 0.29) is 30.2 Å². The minimum absolute atomic E-state index is 0. The Morgan fingerprint density at radius 2 is 2.12 bits per heavy atom. The van der Waals surface area contributed by atoms with E-state index in [4.69, 9.17) is 5.73 Å². The number of aryl methyl sites for hydroxylation is 2. The van der Waals surface area contributed by atoms with Gasteiger partial charge in [0.15, 0.2) is 0 Å². The van der Waals surface area contributed by atoms with Crippen molar-refractivity contribution in [2.24, 2.45) is 18.7 Å². The standard InChI is InChI=1S/C17H21N5O2.ClH/c1-10-4-3-5-14(15(10)16(18)23)21-17(24)13-8-19-7-12(13)11-6-20-22(2)9-11;/h3-6,9,12-13,19H,7-8H2,1-2H3,(H2,18,23)(H,21,24);1H/t12-,13+;/m1./s1. The summed E-state index contributed by atoms with van der Waals surface area (Å²) in [6, 6.07) is 5.29. The SMILES string of the molecule is Cc1cccc(NC(=O)[C@H]2CNC[C@@H]2c2cnn(C)c2)c1C(N)=O.Cl. The molecule has 0 spiro atoms. The van der Waals surface area contributed by atoms with Gasteiger partial charge < -0.3 is 16.4 Å². The fourth-order valence-electron chi connectivity index (χ4n) is 3.26. The lowest BCUT2D eigenvalue weighted by Gasteiger charge is -2.18. The molecular formula is C17H22ClN5O2. The predicted molar refractivity (Wildman–Crippen MR) is 97.9 cm³/mol. The first-order valence-electron chi connectivity index (χ1n) is 7.87. The number of carbonyl (C=O) groups is 2. The van der Waals surface area contributed by atoms with E-state index in [0.717, 1.165) is 17.7 Å². The van der Waals surface area contributed by atoms with E-state index in [1.165, 1.54) is 0 Å². The van der Waals surface area contributed by atoms with Crippen LogP contribution in [0.1, 0.15) is 27.4 Å². The summed E-state index contributed by atoms with van der Waals surface area (Å²) in [5.74, 6) is -0.838. The maximum Gasteiger partial charge on any atom is 0.251 e. The first-order chi connectivity index (χ1) is 11.5. The van der Waals surface area contributed by atoms with Crippen molar-refractivity contribution >= 4 is 29.9 Å². The van der Waals surface area contributed by atoms with Crippen LogP contribution in [0.2, 0.25) is 0 Å². The van der Waals surface area contributed by atoms with E-state index in [9.17, 15) is 9.59 Å². The smallest absolute Gasteiger partial charge is 0.251 e. The summed E-state index contributed by atoms with van der Waals surface area (Å²) in [6.45, 7) is 3.11. The number of hydrogen-bond acceptors (Lipinski definition) is 4. The highest BCUT2D eigenvalue weighted by molar-refractivity contribution is 6.04. The van der Waals surface area contributed by atoms with Crippen molar-refractivity contribution in [2.75, 3.05) is 18.4 Å². The van der Waals surface area contributed by atoms with Gasteiger partial charge in [0.2, 0.25) is 5.91 Å². The number of benzene rings is 1. The van der Waals surface area contributed by atoms with E-state index < -0.39 is 5.91 Å². The van der Waals surface area contributed by atoms with Crippen LogP contribution in [0.5, 0.6) is 0 Å². The van der Waals surface area contributed by atoms with Gasteiger partial charge in [-0.15, -0.1) is 12.4 Å². The van der Waals surface area contributed by atoms with E-state index in [0.29, 0.717) is 17.8 Å². The maximum absolute atomic E-state index is 12.8. The molecule has 0 bridgehead atoms. The summed E-state index contributed by atoms with van der Waals surface area (Å²) in [7, 11) is 1.85. The van der Waals surface area contributed by atoms with E-state index in [1.807, 2.05) is 13.2 Å². The van der Waals surface area contributed by atoms with Gasteiger partial charge in [0.05, 0.1) is 23.4 Å². The Bertz CT molecular complexity index is 789. The first-order valence-corrected chi connectivity index (χ1v) is 7.87. The van der Waals surface area contributed by atoms with Crippen LogP contribution in [0, 0.1) is 12.8 Å². The summed E-state index contributed by atoms with van der Waals surface area (Å²) in [6.07, 6.45) is 3.72. The Hall–Kier alpha value is -2.38. The van der Waals surface area contributed by atoms with Crippen LogP contribution in [0.4, 0.5) is 5.69 Å². The van der Waals surface area contributed by atoms with Crippen molar-refractivity contribution in [2.45, 2.75) is 12.8 Å². The third-order valence-electron chi connectivity index (χ3n) is 4.48. The van der Waals surface area contributed by atoms with Crippen molar-refractivity contribution in [1.29, 1.82) is 0 Å². The number of nitrogens with one attached hydrogen (secondary N) is 2. The van der Waals surface area contributed by atoms with Crippen LogP contribution in [0.15, 0.2) is 30.6 Å². The van der Waals surface area contributed by atoms with Gasteiger partial charge >= 0.3 is 0 Å². The van der Waals surface area contributed by atoms with Gasteiger partial charge in [-0.1, -0.05) is 12.1 Å². The van der Waals surface area contributed by atoms with Gasteiger partial charge in [0.25, 0.3) is 5.91 Å². The number of aromatic nitrogens is 2. The van der Waals surface area contributed by atoms with E-state index in [2.05, 4.69) is 15.7 Å². The largest absolute Gasteiger partial charge is 0.366 e. The van der Waals surface area contributed by atoms with Crippen LogP contribution in [0.25, 0.3) is 0 Å². The molecule has 2 heterocycles. The normalized spacial score (nSPS) is 19.3. The van der Waals surface area contributed by atoms with Gasteiger partial charge in [-0.25, -0.2) is 0 Å². The van der Waals surface area contributed by atoms with Crippen LogP contribution in [-0.2, 0) is 11.8 Å².